The molecule has 4 aliphatic carbocycles. The average molecular weight is 330 g/mol. The lowest BCUT2D eigenvalue weighted by molar-refractivity contribution is -0.148. The van der Waals surface area contributed by atoms with E-state index in [-0.39, 0.29) is 28.3 Å². The SMILES string of the molecule is C[C@]12CC[C@H]3[C@@H](CCC4=CC(=O)C(O)=C[C@@]43C)[C@@H]1CC[C@@H]2C(=O)O. The Hall–Kier alpha value is -1.58. The minimum absolute atomic E-state index is 0.0964. The zero-order valence-corrected chi connectivity index (χ0v) is 14.4. The number of rotatable bonds is 1. The Morgan fingerprint density at radius 3 is 2.62 bits per heavy atom. The molecule has 0 radical (unpaired) electrons. The van der Waals surface area contributed by atoms with Gasteiger partial charge in [0.15, 0.2) is 5.76 Å². The van der Waals surface area contributed by atoms with Crippen molar-refractivity contribution in [2.45, 2.75) is 52.4 Å². The van der Waals surface area contributed by atoms with Crippen LogP contribution in [0.25, 0.3) is 0 Å². The number of ketones is 1. The second-order valence-electron chi connectivity index (χ2n) is 8.77. The second-order valence-corrected chi connectivity index (χ2v) is 8.77. The molecule has 130 valence electrons. The van der Waals surface area contributed by atoms with E-state index in [9.17, 15) is 19.8 Å². The molecule has 2 N–H and O–H groups in total. The van der Waals surface area contributed by atoms with Crippen molar-refractivity contribution in [3.05, 3.63) is 23.5 Å². The number of aliphatic hydroxyl groups excluding tert-OH is 1. The highest BCUT2D eigenvalue weighted by Gasteiger charge is 2.60. The zero-order valence-electron chi connectivity index (χ0n) is 14.4. The minimum atomic E-state index is -0.637. The number of hydrogen-bond donors (Lipinski definition) is 2. The van der Waals surface area contributed by atoms with E-state index in [0.29, 0.717) is 17.8 Å². The molecule has 0 unspecified atom stereocenters. The zero-order chi connectivity index (χ0) is 17.3. The van der Waals surface area contributed by atoms with Crippen LogP contribution in [0.1, 0.15) is 52.4 Å². The van der Waals surface area contributed by atoms with Crippen molar-refractivity contribution >= 4 is 11.8 Å². The molecular weight excluding hydrogens is 304 g/mol. The molecule has 24 heavy (non-hydrogen) atoms. The fourth-order valence-electron chi connectivity index (χ4n) is 6.68. The topological polar surface area (TPSA) is 74.6 Å². The van der Waals surface area contributed by atoms with E-state index in [2.05, 4.69) is 13.8 Å². The first-order chi connectivity index (χ1) is 11.3. The first kappa shape index (κ1) is 15.9. The summed E-state index contributed by atoms with van der Waals surface area (Å²) in [7, 11) is 0. The molecular formula is C20H26O4. The van der Waals surface area contributed by atoms with E-state index in [1.54, 1.807) is 12.2 Å². The van der Waals surface area contributed by atoms with Gasteiger partial charge in [0.25, 0.3) is 0 Å². The van der Waals surface area contributed by atoms with Gasteiger partial charge in [-0.15, -0.1) is 0 Å². The minimum Gasteiger partial charge on any atom is -0.504 e. The molecule has 4 nitrogen and oxygen atoms in total. The maximum absolute atomic E-state index is 11.8. The van der Waals surface area contributed by atoms with Crippen molar-refractivity contribution in [3.8, 4) is 0 Å². The van der Waals surface area contributed by atoms with Crippen LogP contribution < -0.4 is 0 Å². The van der Waals surface area contributed by atoms with Gasteiger partial charge in [-0.1, -0.05) is 19.4 Å². The molecule has 0 aromatic rings. The number of aliphatic carboxylic acids is 1. The van der Waals surface area contributed by atoms with Crippen LogP contribution in [0, 0.1) is 34.5 Å². The van der Waals surface area contributed by atoms with Gasteiger partial charge in [0.1, 0.15) is 0 Å². The van der Waals surface area contributed by atoms with Crippen LogP contribution in [0.2, 0.25) is 0 Å². The molecule has 0 bridgehead atoms. The van der Waals surface area contributed by atoms with E-state index in [4.69, 9.17) is 0 Å². The molecule has 4 aliphatic rings. The molecule has 0 aromatic heterocycles. The molecule has 4 heteroatoms. The Kier molecular flexibility index (Phi) is 3.29. The summed E-state index contributed by atoms with van der Waals surface area (Å²) < 4.78 is 0. The first-order valence-corrected chi connectivity index (χ1v) is 9.17. The van der Waals surface area contributed by atoms with Crippen LogP contribution in [0.3, 0.4) is 0 Å². The van der Waals surface area contributed by atoms with Crippen LogP contribution in [-0.4, -0.2) is 22.0 Å². The number of hydrogen-bond acceptors (Lipinski definition) is 3. The highest BCUT2D eigenvalue weighted by molar-refractivity contribution is 6.04. The standard InChI is InChI=1S/C20H26O4/c1-19-8-7-14-12(13(19)5-6-15(19)18(23)24)4-3-11-9-16(21)17(22)10-20(11,14)2/h9-10,12-15,22H,3-8H2,1-2H3,(H,23,24)/t12-,13-,14-,15+,19-,20-/m0/s1. The maximum Gasteiger partial charge on any atom is 0.307 e. The van der Waals surface area contributed by atoms with Gasteiger partial charge in [0, 0.05) is 5.41 Å². The molecule has 0 amide bonds. The molecule has 0 aromatic carbocycles. The van der Waals surface area contributed by atoms with Gasteiger partial charge >= 0.3 is 5.97 Å². The summed E-state index contributed by atoms with van der Waals surface area (Å²) >= 11 is 0. The summed E-state index contributed by atoms with van der Waals surface area (Å²) in [6.07, 6.45) is 9.06. The quantitative estimate of drug-likeness (QED) is 0.765. The molecule has 0 saturated heterocycles. The summed E-state index contributed by atoms with van der Waals surface area (Å²) in [6.45, 7) is 4.34. The summed E-state index contributed by atoms with van der Waals surface area (Å²) in [4.78, 5) is 23.5. The van der Waals surface area contributed by atoms with Crippen LogP contribution in [0.5, 0.6) is 0 Å². The van der Waals surface area contributed by atoms with Crippen LogP contribution in [0.4, 0.5) is 0 Å². The van der Waals surface area contributed by atoms with E-state index in [0.717, 1.165) is 44.1 Å². The van der Waals surface area contributed by atoms with E-state index in [1.165, 1.54) is 0 Å². The van der Waals surface area contributed by atoms with Gasteiger partial charge in [-0.25, -0.2) is 0 Å². The smallest absolute Gasteiger partial charge is 0.307 e. The normalized spacial score (nSPS) is 47.2. The first-order valence-electron chi connectivity index (χ1n) is 9.17. The second kappa shape index (κ2) is 4.96. The number of carbonyl (C=O) groups excluding carboxylic acids is 1. The van der Waals surface area contributed by atoms with Crippen molar-refractivity contribution < 1.29 is 19.8 Å². The maximum atomic E-state index is 11.8. The molecule has 6 atom stereocenters. The fraction of sp³-hybridized carbons (Fsp3) is 0.700. The Morgan fingerprint density at radius 2 is 1.92 bits per heavy atom. The summed E-state index contributed by atoms with van der Waals surface area (Å²) in [5, 5.41) is 19.6. The average Bonchev–Trinajstić information content (AvgIpc) is 2.86. The number of allylic oxidation sites excluding steroid dienone is 3. The van der Waals surface area contributed by atoms with E-state index < -0.39 is 5.97 Å². The van der Waals surface area contributed by atoms with Gasteiger partial charge in [0.05, 0.1) is 5.92 Å². The molecule has 3 fully saturated rings. The van der Waals surface area contributed by atoms with E-state index in [1.807, 2.05) is 0 Å². The summed E-state index contributed by atoms with van der Waals surface area (Å²) in [5.74, 6) is 0.0974. The number of fused-ring (bicyclic) bond motifs is 5. The van der Waals surface area contributed by atoms with Gasteiger partial charge in [0.2, 0.25) is 5.78 Å². The van der Waals surface area contributed by atoms with Gasteiger partial charge in [-0.3, -0.25) is 9.59 Å². The molecule has 3 saturated carbocycles. The van der Waals surface area contributed by atoms with Gasteiger partial charge < -0.3 is 10.2 Å². The lowest BCUT2D eigenvalue weighted by Crippen LogP contribution is -2.50. The number of carboxylic acid groups (broad SMARTS) is 1. The molecule has 0 spiro atoms. The van der Waals surface area contributed by atoms with Gasteiger partial charge in [-0.05, 0) is 73.8 Å². The van der Waals surface area contributed by atoms with Crippen LogP contribution >= 0.6 is 0 Å². The predicted octanol–water partition coefficient (Wildman–Crippen LogP) is 3.88. The van der Waals surface area contributed by atoms with Crippen molar-refractivity contribution in [1.29, 1.82) is 0 Å². The highest BCUT2D eigenvalue weighted by atomic mass is 16.4. The molecule has 0 heterocycles. The Labute approximate surface area is 142 Å². The van der Waals surface area contributed by atoms with Crippen LogP contribution in [0.15, 0.2) is 23.5 Å². The molecule has 4 rings (SSSR count). The van der Waals surface area contributed by atoms with Crippen LogP contribution in [-0.2, 0) is 9.59 Å². The van der Waals surface area contributed by atoms with E-state index >= 15 is 0 Å². The lowest BCUT2D eigenvalue weighted by atomic mass is 9.47. The summed E-state index contributed by atoms with van der Waals surface area (Å²) in [5.41, 5.74) is 0.813. The number of carboxylic acids is 1. The number of aliphatic hydroxyl groups is 1. The third-order valence-electron chi connectivity index (χ3n) is 7.94. The van der Waals surface area contributed by atoms with Crippen molar-refractivity contribution in [1.82, 2.24) is 0 Å². The predicted molar refractivity (Wildman–Crippen MR) is 89.3 cm³/mol. The Bertz CT molecular complexity index is 675. The highest BCUT2D eigenvalue weighted by Crippen LogP contribution is 2.66. The third kappa shape index (κ3) is 1.91. The van der Waals surface area contributed by atoms with Crippen molar-refractivity contribution in [3.63, 3.8) is 0 Å². The van der Waals surface area contributed by atoms with Crippen molar-refractivity contribution in [2.75, 3.05) is 0 Å². The summed E-state index contributed by atoms with van der Waals surface area (Å²) in [6, 6.07) is 0. The van der Waals surface area contributed by atoms with Crippen molar-refractivity contribution in [2.24, 2.45) is 34.5 Å². The Balaban J connectivity index is 1.70. The fourth-order valence-corrected chi connectivity index (χ4v) is 6.68. The lowest BCUT2D eigenvalue weighted by Gasteiger charge is -2.56. The monoisotopic (exact) mass is 330 g/mol. The number of carbonyl (C=O) groups is 2. The molecule has 0 aliphatic heterocycles. The Morgan fingerprint density at radius 1 is 1.17 bits per heavy atom. The third-order valence-corrected chi connectivity index (χ3v) is 7.94. The largest absolute Gasteiger partial charge is 0.504 e. The van der Waals surface area contributed by atoms with Gasteiger partial charge in [-0.2, -0.15) is 0 Å².